The van der Waals surface area contributed by atoms with E-state index in [0.717, 1.165) is 0 Å². The van der Waals surface area contributed by atoms with Gasteiger partial charge in [-0.15, -0.1) is 0 Å². The fraction of sp³-hybridized carbons (Fsp3) is 0.316. The lowest BCUT2D eigenvalue weighted by Crippen LogP contribution is -2.17. The van der Waals surface area contributed by atoms with Crippen molar-refractivity contribution in [1.29, 1.82) is 0 Å². The number of phenols is 2. The molecule has 0 amide bonds. The third-order valence-electron chi connectivity index (χ3n) is 5.05. The second kappa shape index (κ2) is 7.63. The largest absolute Gasteiger partial charge is 0.507 e. The number of nitro benzene ring substituents is 2. The van der Waals surface area contributed by atoms with E-state index in [-0.39, 0.29) is 50.9 Å². The van der Waals surface area contributed by atoms with Gasteiger partial charge in [-0.3, -0.25) is 25.0 Å². The molecule has 9 nitrogen and oxygen atoms in total. The molecule has 2 N–H and O–H groups in total. The number of hydrogen-bond acceptors (Lipinski definition) is 7. The summed E-state index contributed by atoms with van der Waals surface area (Å²) in [7, 11) is 0. The molecule has 0 radical (unpaired) electrons. The van der Waals surface area contributed by atoms with Crippen molar-refractivity contribution in [1.82, 2.24) is 0 Å². The van der Waals surface area contributed by atoms with E-state index in [1.807, 2.05) is 0 Å². The first kappa shape index (κ1) is 20.8. The zero-order valence-corrected chi connectivity index (χ0v) is 15.8. The Hall–Kier alpha value is -3.49. The second-order valence-corrected chi connectivity index (χ2v) is 6.66. The molecular formula is C19H20N2O7. The number of nitro groups is 2. The molecule has 0 fully saturated rings. The number of ketones is 1. The summed E-state index contributed by atoms with van der Waals surface area (Å²) in [6.45, 7) is 5.88. The smallest absolute Gasteiger partial charge is 0.276 e. The topological polar surface area (TPSA) is 144 Å². The monoisotopic (exact) mass is 388 g/mol. The molecule has 2 aromatic rings. The lowest BCUT2D eigenvalue weighted by Gasteiger charge is -2.20. The summed E-state index contributed by atoms with van der Waals surface area (Å²) < 4.78 is 0. The fourth-order valence-corrected chi connectivity index (χ4v) is 3.20. The second-order valence-electron chi connectivity index (χ2n) is 6.66. The Bertz CT molecular complexity index is 907. The molecule has 0 saturated carbocycles. The van der Waals surface area contributed by atoms with Crippen LogP contribution in [0.3, 0.4) is 0 Å². The number of benzene rings is 2. The summed E-state index contributed by atoms with van der Waals surface area (Å²) in [6.07, 6.45) is 0. The minimum absolute atomic E-state index is 0.0591. The Morgan fingerprint density at radius 3 is 1.43 bits per heavy atom. The molecule has 2 aromatic carbocycles. The predicted octanol–water partition coefficient (Wildman–Crippen LogP) is 4.01. The molecule has 0 saturated heterocycles. The summed E-state index contributed by atoms with van der Waals surface area (Å²) >= 11 is 0. The molecule has 0 bridgehead atoms. The molecule has 0 heterocycles. The van der Waals surface area contributed by atoms with Gasteiger partial charge in [0.15, 0.2) is 0 Å². The van der Waals surface area contributed by atoms with Crippen LogP contribution in [-0.2, 0) is 4.79 Å². The number of rotatable bonds is 6. The van der Waals surface area contributed by atoms with E-state index in [1.54, 1.807) is 13.8 Å². The molecule has 0 aromatic heterocycles. The maximum atomic E-state index is 12.9. The van der Waals surface area contributed by atoms with E-state index in [4.69, 9.17) is 0 Å². The van der Waals surface area contributed by atoms with Crippen LogP contribution in [0.2, 0.25) is 0 Å². The Balaban J connectivity index is 2.41. The van der Waals surface area contributed by atoms with Crippen LogP contribution in [0.25, 0.3) is 0 Å². The highest BCUT2D eigenvalue weighted by Gasteiger charge is 2.30. The highest BCUT2D eigenvalue weighted by Crippen LogP contribution is 2.40. The van der Waals surface area contributed by atoms with Gasteiger partial charge in [-0.05, 0) is 26.0 Å². The van der Waals surface area contributed by atoms with Gasteiger partial charge in [0, 0.05) is 35.1 Å². The number of carbonyl (C=O) groups is 1. The van der Waals surface area contributed by atoms with Crippen molar-refractivity contribution in [2.45, 2.75) is 39.5 Å². The van der Waals surface area contributed by atoms with Gasteiger partial charge in [-0.2, -0.15) is 0 Å². The van der Waals surface area contributed by atoms with Crippen molar-refractivity contribution in [3.8, 4) is 11.5 Å². The first-order chi connectivity index (χ1) is 13.0. The minimum atomic E-state index is -0.815. The van der Waals surface area contributed by atoms with Crippen LogP contribution < -0.4 is 0 Å². The lowest BCUT2D eigenvalue weighted by molar-refractivity contribution is -0.385. The third-order valence-corrected chi connectivity index (χ3v) is 5.05. The van der Waals surface area contributed by atoms with Crippen molar-refractivity contribution >= 4 is 17.2 Å². The van der Waals surface area contributed by atoms with Crippen LogP contribution in [-0.4, -0.2) is 25.8 Å². The molecule has 9 heteroatoms. The first-order valence-electron chi connectivity index (χ1n) is 8.46. The highest BCUT2D eigenvalue weighted by atomic mass is 16.6. The summed E-state index contributed by atoms with van der Waals surface area (Å²) in [5, 5.41) is 42.6. The molecule has 2 atom stereocenters. The van der Waals surface area contributed by atoms with Crippen molar-refractivity contribution in [2.24, 2.45) is 0 Å². The zero-order chi connectivity index (χ0) is 21.3. The summed E-state index contributed by atoms with van der Waals surface area (Å²) in [5.74, 6) is -2.64. The molecule has 0 spiro atoms. The van der Waals surface area contributed by atoms with Gasteiger partial charge in [0.25, 0.3) is 11.4 Å². The minimum Gasteiger partial charge on any atom is -0.507 e. The number of carbonyl (C=O) groups excluding carboxylic acids is 1. The van der Waals surface area contributed by atoms with Crippen LogP contribution in [0.1, 0.15) is 47.9 Å². The van der Waals surface area contributed by atoms with Gasteiger partial charge in [0.2, 0.25) is 0 Å². The maximum absolute atomic E-state index is 12.9. The molecule has 148 valence electrons. The standard InChI is InChI=1S/C19H20N2O7/c1-9(13-5-7-15(20(25)26)11(3)18(13)23)17(22)10(2)14-6-8-16(21(27)28)12(4)19(14)24/h5-10,23-24H,1-4H3. The molecule has 2 rings (SSSR count). The number of aromatic hydroxyl groups is 2. The average molecular weight is 388 g/mol. The number of hydrogen-bond donors (Lipinski definition) is 2. The molecule has 28 heavy (non-hydrogen) atoms. The summed E-state index contributed by atoms with van der Waals surface area (Å²) in [6, 6.07) is 5.12. The van der Waals surface area contributed by atoms with Crippen LogP contribution in [0.15, 0.2) is 24.3 Å². The first-order valence-corrected chi connectivity index (χ1v) is 8.46. The van der Waals surface area contributed by atoms with Crippen molar-refractivity contribution in [3.05, 3.63) is 66.7 Å². The van der Waals surface area contributed by atoms with Crippen molar-refractivity contribution in [3.63, 3.8) is 0 Å². The summed E-state index contributed by atoms with van der Waals surface area (Å²) in [5.41, 5.74) is 0.0824. The van der Waals surface area contributed by atoms with E-state index in [0.29, 0.717) is 0 Å². The zero-order valence-electron chi connectivity index (χ0n) is 15.8. The Kier molecular flexibility index (Phi) is 5.67. The lowest BCUT2D eigenvalue weighted by atomic mass is 9.84. The van der Waals surface area contributed by atoms with E-state index in [2.05, 4.69) is 0 Å². The van der Waals surface area contributed by atoms with Crippen molar-refractivity contribution < 1.29 is 24.9 Å². The number of nitrogens with zero attached hydrogens (tertiary/aromatic N) is 2. The third kappa shape index (κ3) is 3.51. The van der Waals surface area contributed by atoms with Gasteiger partial charge >= 0.3 is 0 Å². The molecule has 2 unspecified atom stereocenters. The quantitative estimate of drug-likeness (QED) is 0.562. The van der Waals surface area contributed by atoms with Gasteiger partial charge in [0.1, 0.15) is 17.3 Å². The Morgan fingerprint density at radius 1 is 0.821 bits per heavy atom. The van der Waals surface area contributed by atoms with Gasteiger partial charge in [-0.1, -0.05) is 13.8 Å². The molecule has 0 aliphatic rings. The Labute approximate surface area is 160 Å². The number of phenolic OH excluding ortho intramolecular Hbond substituents is 2. The Morgan fingerprint density at radius 2 is 1.14 bits per heavy atom. The highest BCUT2D eigenvalue weighted by molar-refractivity contribution is 5.92. The van der Waals surface area contributed by atoms with Crippen LogP contribution in [0.5, 0.6) is 11.5 Å². The van der Waals surface area contributed by atoms with Gasteiger partial charge in [0.05, 0.1) is 21.0 Å². The molecular weight excluding hydrogens is 368 g/mol. The molecule has 0 aliphatic carbocycles. The van der Waals surface area contributed by atoms with E-state index in [1.165, 1.54) is 38.1 Å². The summed E-state index contributed by atoms with van der Waals surface area (Å²) in [4.78, 5) is 33.6. The van der Waals surface area contributed by atoms with Crippen LogP contribution in [0, 0.1) is 34.1 Å². The predicted molar refractivity (Wildman–Crippen MR) is 101 cm³/mol. The average Bonchev–Trinajstić information content (AvgIpc) is 2.63. The van der Waals surface area contributed by atoms with Crippen LogP contribution >= 0.6 is 0 Å². The van der Waals surface area contributed by atoms with Gasteiger partial charge < -0.3 is 10.2 Å². The van der Waals surface area contributed by atoms with Crippen molar-refractivity contribution in [2.75, 3.05) is 0 Å². The number of Topliss-reactive ketones (excluding diaryl/α,β-unsaturated/α-hetero) is 1. The SMILES string of the molecule is Cc1c([N+](=O)[O-])ccc(C(C)C(=O)C(C)c2ccc([N+](=O)[O-])c(C)c2O)c1O. The van der Waals surface area contributed by atoms with E-state index in [9.17, 15) is 35.2 Å². The van der Waals surface area contributed by atoms with E-state index >= 15 is 0 Å². The van der Waals surface area contributed by atoms with Crippen LogP contribution in [0.4, 0.5) is 11.4 Å². The van der Waals surface area contributed by atoms with Gasteiger partial charge in [-0.25, -0.2) is 0 Å². The fourth-order valence-electron chi connectivity index (χ4n) is 3.20. The van der Waals surface area contributed by atoms with E-state index < -0.39 is 21.7 Å². The normalized spacial score (nSPS) is 13.0. The maximum Gasteiger partial charge on any atom is 0.276 e. The molecule has 0 aliphatic heterocycles.